The van der Waals surface area contributed by atoms with E-state index in [1.165, 1.54) is 141 Å². The Morgan fingerprint density at radius 3 is 1.31 bits per heavy atom. The van der Waals surface area contributed by atoms with Crippen molar-refractivity contribution in [1.29, 1.82) is 0 Å². The van der Waals surface area contributed by atoms with Crippen LogP contribution in [-0.2, 0) is 4.79 Å². The lowest BCUT2D eigenvalue weighted by atomic mass is 9.88. The fraction of sp³-hybridized carbons (Fsp3) is 0.756. The molecule has 0 rings (SSSR count). The van der Waals surface area contributed by atoms with Gasteiger partial charge in [-0.3, -0.25) is 4.79 Å². The lowest BCUT2D eigenvalue weighted by Crippen LogP contribution is -2.30. The van der Waals surface area contributed by atoms with Gasteiger partial charge in [0.25, 0.3) is 0 Å². The molecule has 0 saturated heterocycles. The van der Waals surface area contributed by atoms with Crippen LogP contribution < -0.4 is 5.32 Å². The summed E-state index contributed by atoms with van der Waals surface area (Å²) in [5.74, 6) is 0.411. The van der Waals surface area contributed by atoms with Crippen LogP contribution in [0.5, 0.6) is 0 Å². The topological polar surface area (TPSA) is 32.3 Å². The van der Waals surface area contributed by atoms with E-state index in [-0.39, 0.29) is 5.91 Å². The normalized spacial score (nSPS) is 12.3. The van der Waals surface area contributed by atoms with Gasteiger partial charge in [0.2, 0.25) is 5.91 Å². The molecule has 48 heavy (non-hydrogen) atoms. The highest BCUT2D eigenvalue weighted by atomic mass is 16.1. The minimum absolute atomic E-state index is 0.0823. The molecule has 1 amide bonds. The van der Waals surface area contributed by atoms with Gasteiger partial charge in [0.15, 0.2) is 0 Å². The van der Waals surface area contributed by atoms with Crippen LogP contribution in [0.2, 0.25) is 0 Å². The Morgan fingerprint density at radius 1 is 0.542 bits per heavy atom. The van der Waals surface area contributed by atoms with Crippen molar-refractivity contribution >= 4 is 5.91 Å². The molecule has 278 valence electrons. The number of nitrogens with one attached hydrogen (secondary N) is 1. The number of rotatable bonds is 36. The molecular formula is C45H82N2O. The first-order valence-corrected chi connectivity index (χ1v) is 20.7. The van der Waals surface area contributed by atoms with Gasteiger partial charge in [-0.1, -0.05) is 159 Å². The fourth-order valence-corrected chi connectivity index (χ4v) is 6.15. The van der Waals surface area contributed by atoms with Crippen molar-refractivity contribution in [2.75, 3.05) is 27.2 Å². The quantitative estimate of drug-likeness (QED) is 0.0410. The van der Waals surface area contributed by atoms with Crippen molar-refractivity contribution in [3.63, 3.8) is 0 Å². The van der Waals surface area contributed by atoms with E-state index in [9.17, 15) is 4.79 Å². The van der Waals surface area contributed by atoms with Crippen LogP contribution in [0.25, 0.3) is 0 Å². The molecular weight excluding hydrogens is 585 g/mol. The highest BCUT2D eigenvalue weighted by Crippen LogP contribution is 2.25. The lowest BCUT2D eigenvalue weighted by Gasteiger charge is -2.20. The summed E-state index contributed by atoms with van der Waals surface area (Å²) in [6.45, 7) is 10.6. The zero-order valence-corrected chi connectivity index (χ0v) is 32.8. The first-order chi connectivity index (χ1) is 23.5. The molecule has 0 fully saturated rings. The number of hydrogen-bond donors (Lipinski definition) is 1. The van der Waals surface area contributed by atoms with Crippen molar-refractivity contribution in [1.82, 2.24) is 10.2 Å². The standard InChI is InChI=1S/C45H82N2O/c1-6-8-10-12-14-16-18-20-22-24-26-28-30-32-34-36-39-44(43(3)45(48)46-41-38-42-47(4)5)40-37-35-33-31-29-27-25-23-21-19-17-15-13-11-9-7-2/h14-17,20-23,44H,3,6-13,18-19,24-42H2,1-2,4-5H3,(H,46,48)/b16-14-,17-15-,22-20-,23-21-. The van der Waals surface area contributed by atoms with Crippen molar-refractivity contribution in [2.45, 2.75) is 187 Å². The molecule has 0 radical (unpaired) electrons. The molecule has 0 atom stereocenters. The molecule has 0 aliphatic rings. The van der Waals surface area contributed by atoms with Gasteiger partial charge in [-0.25, -0.2) is 0 Å². The van der Waals surface area contributed by atoms with E-state index in [1.807, 2.05) is 0 Å². The van der Waals surface area contributed by atoms with E-state index >= 15 is 0 Å². The molecule has 0 aromatic heterocycles. The Balaban J connectivity index is 4.21. The molecule has 0 aromatic carbocycles. The smallest absolute Gasteiger partial charge is 0.246 e. The SMILES string of the molecule is C=C(C(=O)NCCCN(C)C)C(CCCCCCCC/C=C\C/C=C\CCCCC)CCCCCCCC/C=C\C/C=C\CCCCC. The minimum Gasteiger partial charge on any atom is -0.352 e. The molecule has 3 heteroatoms. The van der Waals surface area contributed by atoms with Gasteiger partial charge in [-0.2, -0.15) is 0 Å². The van der Waals surface area contributed by atoms with Crippen molar-refractivity contribution < 1.29 is 4.79 Å². The van der Waals surface area contributed by atoms with Crippen LogP contribution in [0.1, 0.15) is 187 Å². The molecule has 0 spiro atoms. The average molecular weight is 667 g/mol. The predicted octanol–water partition coefficient (Wildman–Crippen LogP) is 13.6. The number of hydrogen-bond acceptors (Lipinski definition) is 2. The third-order valence-corrected chi connectivity index (χ3v) is 9.36. The summed E-state index contributed by atoms with van der Waals surface area (Å²) in [6, 6.07) is 0. The first-order valence-electron chi connectivity index (χ1n) is 20.7. The van der Waals surface area contributed by atoms with Gasteiger partial charge in [0.05, 0.1) is 0 Å². The highest BCUT2D eigenvalue weighted by molar-refractivity contribution is 5.93. The number of unbranched alkanes of at least 4 members (excludes halogenated alkanes) is 18. The monoisotopic (exact) mass is 667 g/mol. The number of nitrogens with zero attached hydrogens (tertiary/aromatic N) is 1. The highest BCUT2D eigenvalue weighted by Gasteiger charge is 2.18. The van der Waals surface area contributed by atoms with Gasteiger partial charge in [0.1, 0.15) is 0 Å². The molecule has 0 unspecified atom stereocenters. The molecule has 0 heterocycles. The Labute approximate surface area is 301 Å². The molecule has 0 bridgehead atoms. The predicted molar refractivity (Wildman–Crippen MR) is 217 cm³/mol. The van der Waals surface area contributed by atoms with Crippen LogP contribution >= 0.6 is 0 Å². The summed E-state index contributed by atoms with van der Waals surface area (Å²) in [5.41, 5.74) is 0.824. The lowest BCUT2D eigenvalue weighted by molar-refractivity contribution is -0.118. The van der Waals surface area contributed by atoms with E-state index in [2.05, 4.69) is 93.3 Å². The second-order valence-corrected chi connectivity index (χ2v) is 14.4. The zero-order valence-electron chi connectivity index (χ0n) is 32.8. The van der Waals surface area contributed by atoms with E-state index in [0.717, 1.165) is 50.8 Å². The van der Waals surface area contributed by atoms with Gasteiger partial charge in [-0.15, -0.1) is 0 Å². The summed E-state index contributed by atoms with van der Waals surface area (Å²) in [7, 11) is 4.16. The third kappa shape index (κ3) is 34.0. The number of amides is 1. The maximum Gasteiger partial charge on any atom is 0.246 e. The van der Waals surface area contributed by atoms with Crippen molar-refractivity contribution in [2.24, 2.45) is 5.92 Å². The van der Waals surface area contributed by atoms with Gasteiger partial charge in [-0.05, 0) is 110 Å². The second-order valence-electron chi connectivity index (χ2n) is 14.4. The van der Waals surface area contributed by atoms with Crippen LogP contribution in [0.15, 0.2) is 60.8 Å². The first kappa shape index (κ1) is 46.1. The summed E-state index contributed by atoms with van der Waals surface area (Å²) in [6.07, 6.45) is 52.5. The maximum atomic E-state index is 12.9. The van der Waals surface area contributed by atoms with Crippen molar-refractivity contribution in [3.05, 3.63) is 60.8 Å². The molecule has 3 nitrogen and oxygen atoms in total. The largest absolute Gasteiger partial charge is 0.352 e. The Kier molecular flexibility index (Phi) is 36.5. The molecule has 1 N–H and O–H groups in total. The van der Waals surface area contributed by atoms with Gasteiger partial charge < -0.3 is 10.2 Å². The number of carbonyl (C=O) groups excluding carboxylic acids is 1. The minimum atomic E-state index is 0.0823. The fourth-order valence-electron chi connectivity index (χ4n) is 6.15. The van der Waals surface area contributed by atoms with Crippen LogP contribution in [0, 0.1) is 5.92 Å². The Morgan fingerprint density at radius 2 is 0.917 bits per heavy atom. The average Bonchev–Trinajstić information content (AvgIpc) is 3.08. The van der Waals surface area contributed by atoms with E-state index in [1.54, 1.807) is 0 Å². The van der Waals surface area contributed by atoms with Gasteiger partial charge >= 0.3 is 0 Å². The van der Waals surface area contributed by atoms with Gasteiger partial charge in [0, 0.05) is 12.1 Å². The van der Waals surface area contributed by atoms with Crippen molar-refractivity contribution in [3.8, 4) is 0 Å². The maximum absolute atomic E-state index is 12.9. The molecule has 0 aromatic rings. The Bertz CT molecular complexity index is 773. The molecule has 0 aliphatic carbocycles. The Hall–Kier alpha value is -1.87. The number of carbonyl (C=O) groups is 1. The summed E-state index contributed by atoms with van der Waals surface area (Å²) in [4.78, 5) is 15.1. The van der Waals surface area contributed by atoms with Crippen LogP contribution in [0.3, 0.4) is 0 Å². The molecule has 0 aliphatic heterocycles. The van der Waals surface area contributed by atoms with E-state index < -0.39 is 0 Å². The molecule has 0 saturated carbocycles. The number of allylic oxidation sites excluding steroid dienone is 8. The van der Waals surface area contributed by atoms with Crippen LogP contribution in [-0.4, -0.2) is 38.0 Å². The zero-order chi connectivity index (χ0) is 35.2. The second kappa shape index (κ2) is 37.9. The third-order valence-electron chi connectivity index (χ3n) is 9.36. The van der Waals surface area contributed by atoms with Crippen LogP contribution in [0.4, 0.5) is 0 Å². The van der Waals surface area contributed by atoms with E-state index in [0.29, 0.717) is 5.92 Å². The summed E-state index contributed by atoms with van der Waals surface area (Å²) < 4.78 is 0. The summed E-state index contributed by atoms with van der Waals surface area (Å²) in [5, 5.41) is 3.15. The van der Waals surface area contributed by atoms with E-state index in [4.69, 9.17) is 0 Å². The summed E-state index contributed by atoms with van der Waals surface area (Å²) >= 11 is 0.